The molecule has 1 heterocycles. The minimum Gasteiger partial charge on any atom is -0.394 e. The number of amides is 1. The number of carbonyl (C=O) groups is 1. The van der Waals surface area contributed by atoms with Crippen LogP contribution in [0.2, 0.25) is 0 Å². The van der Waals surface area contributed by atoms with E-state index in [0.717, 1.165) is 11.8 Å². The quantitative estimate of drug-likeness (QED) is 0.776. The molecule has 1 unspecified atom stereocenters. The van der Waals surface area contributed by atoms with Gasteiger partial charge in [0.2, 0.25) is 0 Å². The summed E-state index contributed by atoms with van der Waals surface area (Å²) >= 11 is 1.64. The molecule has 2 aromatic carbocycles. The standard InChI is InChI=1S/C21H18F3NO2S/c22-21(23,24)19-12-15(6-8-18(19)16-4-2-1-3-5-16)7-9-20(27)25-10-11-28-14-17(25)13-26/h1-6,8,12,17,26H,10-11,13-14H2. The van der Waals surface area contributed by atoms with Gasteiger partial charge in [-0.1, -0.05) is 42.3 Å². The van der Waals surface area contributed by atoms with Crippen molar-refractivity contribution in [2.75, 3.05) is 24.7 Å². The maximum absolute atomic E-state index is 13.5. The molecule has 0 aliphatic carbocycles. The number of carbonyl (C=O) groups excluding carboxylic acids is 1. The molecular weight excluding hydrogens is 387 g/mol. The monoisotopic (exact) mass is 405 g/mol. The van der Waals surface area contributed by atoms with Crippen molar-refractivity contribution in [3.63, 3.8) is 0 Å². The van der Waals surface area contributed by atoms with Crippen molar-refractivity contribution in [2.45, 2.75) is 12.2 Å². The molecular formula is C21H18F3NO2S. The average molecular weight is 405 g/mol. The van der Waals surface area contributed by atoms with Crippen molar-refractivity contribution in [3.05, 3.63) is 59.7 Å². The van der Waals surface area contributed by atoms with Crippen molar-refractivity contribution < 1.29 is 23.1 Å². The van der Waals surface area contributed by atoms with E-state index in [0.29, 0.717) is 17.9 Å². The van der Waals surface area contributed by atoms with E-state index < -0.39 is 17.6 Å². The Bertz CT molecular complexity index is 903. The van der Waals surface area contributed by atoms with Crippen LogP contribution in [0.25, 0.3) is 11.1 Å². The zero-order valence-electron chi connectivity index (χ0n) is 14.9. The third kappa shape index (κ3) is 4.70. The molecule has 2 aromatic rings. The van der Waals surface area contributed by atoms with E-state index in [4.69, 9.17) is 0 Å². The number of hydrogen-bond donors (Lipinski definition) is 1. The van der Waals surface area contributed by atoms with Crippen LogP contribution in [0.15, 0.2) is 48.5 Å². The van der Waals surface area contributed by atoms with Gasteiger partial charge in [0.25, 0.3) is 5.91 Å². The molecule has 146 valence electrons. The van der Waals surface area contributed by atoms with Crippen LogP contribution in [-0.4, -0.2) is 46.6 Å². The van der Waals surface area contributed by atoms with Gasteiger partial charge in [0.15, 0.2) is 0 Å². The minimum atomic E-state index is -4.54. The van der Waals surface area contributed by atoms with E-state index >= 15 is 0 Å². The number of nitrogens with zero attached hydrogens (tertiary/aromatic N) is 1. The number of thioether (sulfide) groups is 1. The fourth-order valence-electron chi connectivity index (χ4n) is 3.00. The number of halogens is 3. The number of aliphatic hydroxyl groups excluding tert-OH is 1. The Labute approximate surface area is 165 Å². The lowest BCUT2D eigenvalue weighted by Gasteiger charge is -2.32. The van der Waals surface area contributed by atoms with Crippen LogP contribution < -0.4 is 0 Å². The number of hydrogen-bond acceptors (Lipinski definition) is 3. The van der Waals surface area contributed by atoms with Gasteiger partial charge < -0.3 is 10.0 Å². The molecule has 1 aliphatic heterocycles. The van der Waals surface area contributed by atoms with Crippen molar-refractivity contribution in [1.29, 1.82) is 0 Å². The van der Waals surface area contributed by atoms with Gasteiger partial charge in [0.05, 0.1) is 18.2 Å². The normalized spacial score (nSPS) is 17.0. The van der Waals surface area contributed by atoms with E-state index in [1.807, 2.05) is 0 Å². The largest absolute Gasteiger partial charge is 0.417 e. The first kappa shape index (κ1) is 20.3. The number of rotatable bonds is 2. The molecule has 0 saturated carbocycles. The number of benzene rings is 2. The molecule has 0 aromatic heterocycles. The summed E-state index contributed by atoms with van der Waals surface area (Å²) in [7, 11) is 0. The van der Waals surface area contributed by atoms with Crippen molar-refractivity contribution in [3.8, 4) is 23.0 Å². The van der Waals surface area contributed by atoms with E-state index in [9.17, 15) is 23.1 Å². The van der Waals surface area contributed by atoms with Crippen molar-refractivity contribution in [2.24, 2.45) is 0 Å². The topological polar surface area (TPSA) is 40.5 Å². The summed E-state index contributed by atoms with van der Waals surface area (Å²) in [6, 6.07) is 11.8. The molecule has 0 bridgehead atoms. The van der Waals surface area contributed by atoms with Gasteiger partial charge >= 0.3 is 6.18 Å². The second-order valence-corrected chi connectivity index (χ2v) is 7.43. The summed E-state index contributed by atoms with van der Waals surface area (Å²) in [5.74, 6) is 5.84. The molecule has 1 atom stereocenters. The molecule has 1 amide bonds. The zero-order valence-corrected chi connectivity index (χ0v) is 15.7. The molecule has 0 radical (unpaired) electrons. The summed E-state index contributed by atoms with van der Waals surface area (Å²) in [4.78, 5) is 13.8. The van der Waals surface area contributed by atoms with Crippen LogP contribution in [-0.2, 0) is 11.0 Å². The van der Waals surface area contributed by atoms with Gasteiger partial charge in [-0.25, -0.2) is 0 Å². The summed E-state index contributed by atoms with van der Waals surface area (Å²) in [6.07, 6.45) is -4.54. The first-order chi connectivity index (χ1) is 13.4. The van der Waals surface area contributed by atoms with E-state index in [-0.39, 0.29) is 23.8 Å². The lowest BCUT2D eigenvalue weighted by atomic mass is 9.97. The van der Waals surface area contributed by atoms with Crippen LogP contribution >= 0.6 is 11.8 Å². The Hall–Kier alpha value is -2.43. The highest BCUT2D eigenvalue weighted by Gasteiger charge is 2.34. The molecule has 1 fully saturated rings. The Morgan fingerprint density at radius 3 is 2.64 bits per heavy atom. The smallest absolute Gasteiger partial charge is 0.394 e. The highest BCUT2D eigenvalue weighted by molar-refractivity contribution is 7.99. The summed E-state index contributed by atoms with van der Waals surface area (Å²) in [5, 5.41) is 9.38. The predicted octanol–water partition coefficient (Wildman–Crippen LogP) is 3.66. The minimum absolute atomic E-state index is 0.0679. The van der Waals surface area contributed by atoms with Gasteiger partial charge in [-0.15, -0.1) is 0 Å². The number of alkyl halides is 3. The third-order valence-electron chi connectivity index (χ3n) is 4.42. The first-order valence-corrected chi connectivity index (χ1v) is 9.83. The molecule has 3 rings (SSSR count). The summed E-state index contributed by atoms with van der Waals surface area (Å²) in [6.45, 7) is 0.300. The second-order valence-electron chi connectivity index (χ2n) is 6.28. The van der Waals surface area contributed by atoms with Crippen LogP contribution in [0.1, 0.15) is 11.1 Å². The van der Waals surface area contributed by atoms with Crippen molar-refractivity contribution >= 4 is 17.7 Å². The van der Waals surface area contributed by atoms with Crippen LogP contribution in [0.3, 0.4) is 0 Å². The van der Waals surface area contributed by atoms with Gasteiger partial charge in [0.1, 0.15) is 0 Å². The predicted molar refractivity (Wildman–Crippen MR) is 104 cm³/mol. The maximum Gasteiger partial charge on any atom is 0.417 e. The van der Waals surface area contributed by atoms with Crippen LogP contribution in [0, 0.1) is 11.8 Å². The number of aliphatic hydroxyl groups is 1. The highest BCUT2D eigenvalue weighted by Crippen LogP contribution is 2.37. The molecule has 1 aliphatic rings. The Morgan fingerprint density at radius 2 is 1.96 bits per heavy atom. The lowest BCUT2D eigenvalue weighted by Crippen LogP contribution is -2.47. The third-order valence-corrected chi connectivity index (χ3v) is 5.51. The fourth-order valence-corrected chi connectivity index (χ4v) is 4.05. The molecule has 1 N–H and O–H groups in total. The van der Waals surface area contributed by atoms with Crippen LogP contribution in [0.4, 0.5) is 13.2 Å². The zero-order chi connectivity index (χ0) is 20.1. The molecule has 7 heteroatoms. The van der Waals surface area contributed by atoms with Gasteiger partial charge in [-0.2, -0.15) is 24.9 Å². The molecule has 1 saturated heterocycles. The second kappa shape index (κ2) is 8.72. The summed E-state index contributed by atoms with van der Waals surface area (Å²) < 4.78 is 40.6. The lowest BCUT2D eigenvalue weighted by molar-refractivity contribution is -0.137. The first-order valence-electron chi connectivity index (χ1n) is 8.68. The Balaban J connectivity index is 1.90. The van der Waals surface area contributed by atoms with E-state index in [1.165, 1.54) is 17.0 Å². The highest BCUT2D eigenvalue weighted by atomic mass is 32.2. The van der Waals surface area contributed by atoms with Gasteiger partial charge in [0, 0.05) is 29.5 Å². The molecule has 28 heavy (non-hydrogen) atoms. The SMILES string of the molecule is O=C(C#Cc1ccc(-c2ccccc2)c(C(F)(F)F)c1)N1CCSCC1CO. The van der Waals surface area contributed by atoms with Gasteiger partial charge in [-0.05, 0) is 23.3 Å². The van der Waals surface area contributed by atoms with Gasteiger partial charge in [-0.3, -0.25) is 4.79 Å². The maximum atomic E-state index is 13.5. The van der Waals surface area contributed by atoms with E-state index in [2.05, 4.69) is 11.8 Å². The molecule has 0 spiro atoms. The average Bonchev–Trinajstić information content (AvgIpc) is 2.71. The van der Waals surface area contributed by atoms with Crippen molar-refractivity contribution in [1.82, 2.24) is 4.90 Å². The Morgan fingerprint density at radius 1 is 1.21 bits per heavy atom. The Kier molecular flexibility index (Phi) is 6.32. The summed E-state index contributed by atoms with van der Waals surface area (Å²) in [5.41, 5.74) is -0.145. The fraction of sp³-hybridized carbons (Fsp3) is 0.286. The van der Waals surface area contributed by atoms with Crippen LogP contribution in [0.5, 0.6) is 0 Å². The van der Waals surface area contributed by atoms with E-state index in [1.54, 1.807) is 42.1 Å². The molecule has 3 nitrogen and oxygen atoms in total.